The SMILES string of the molecule is N#Cc1ccc(-c2ccc(OCCCCCCOc3ccc(-c4ccc(OCCCCCCOc5ccc(-c6ccc(C#N)cc6)cc5)cc4)cc3)cc2)cc1. The fraction of sp³-hybridized carbons (Fsp3) is 0.240. The Balaban J connectivity index is 0.775. The van der Waals surface area contributed by atoms with Gasteiger partial charge in [0, 0.05) is 0 Å². The van der Waals surface area contributed by atoms with Crippen LogP contribution in [-0.2, 0) is 0 Å². The lowest BCUT2D eigenvalue weighted by Crippen LogP contribution is -2.00. The number of unbranched alkanes of at least 4 members (excludes halogenated alkanes) is 6. The molecule has 0 aliphatic heterocycles. The summed E-state index contributed by atoms with van der Waals surface area (Å²) in [5.74, 6) is 3.53. The number of hydrogen-bond acceptors (Lipinski definition) is 6. The molecule has 0 aromatic heterocycles. The van der Waals surface area contributed by atoms with Crippen LogP contribution in [0.1, 0.15) is 62.5 Å². The Morgan fingerprint density at radius 2 is 0.464 bits per heavy atom. The predicted molar refractivity (Wildman–Crippen MR) is 224 cm³/mol. The van der Waals surface area contributed by atoms with Gasteiger partial charge in [0.15, 0.2) is 0 Å². The molecule has 56 heavy (non-hydrogen) atoms. The van der Waals surface area contributed by atoms with Gasteiger partial charge in [-0.05, 0) is 158 Å². The van der Waals surface area contributed by atoms with E-state index < -0.39 is 0 Å². The molecule has 0 amide bonds. The first kappa shape index (κ1) is 39.2. The molecule has 0 unspecified atom stereocenters. The summed E-state index contributed by atoms with van der Waals surface area (Å²) in [6, 6.07) is 52.4. The third kappa shape index (κ3) is 12.3. The van der Waals surface area contributed by atoms with Crippen LogP contribution >= 0.6 is 0 Å². The van der Waals surface area contributed by atoms with Crippen LogP contribution in [0.5, 0.6) is 23.0 Å². The van der Waals surface area contributed by atoms with Crippen LogP contribution in [0.25, 0.3) is 33.4 Å². The molecule has 0 bridgehead atoms. The van der Waals surface area contributed by atoms with Gasteiger partial charge in [0.25, 0.3) is 0 Å². The summed E-state index contributed by atoms with van der Waals surface area (Å²) in [4.78, 5) is 0. The lowest BCUT2D eigenvalue weighted by molar-refractivity contribution is 0.287. The molecular weight excluding hydrogens is 693 g/mol. The van der Waals surface area contributed by atoms with Crippen molar-refractivity contribution in [1.82, 2.24) is 0 Å². The third-order valence-electron chi connectivity index (χ3n) is 9.60. The van der Waals surface area contributed by atoms with E-state index in [-0.39, 0.29) is 0 Å². The summed E-state index contributed by atoms with van der Waals surface area (Å²) in [7, 11) is 0. The summed E-state index contributed by atoms with van der Waals surface area (Å²) in [6.45, 7) is 2.80. The molecule has 0 radical (unpaired) electrons. The van der Waals surface area contributed by atoms with Crippen molar-refractivity contribution in [2.75, 3.05) is 26.4 Å². The zero-order chi connectivity index (χ0) is 38.6. The second-order valence-electron chi connectivity index (χ2n) is 13.7. The minimum atomic E-state index is 0.666. The highest BCUT2D eigenvalue weighted by atomic mass is 16.5. The molecular formula is C50H48N2O4. The second kappa shape index (κ2) is 21.4. The molecule has 0 atom stereocenters. The van der Waals surface area contributed by atoms with Crippen molar-refractivity contribution in [1.29, 1.82) is 10.5 Å². The fourth-order valence-corrected chi connectivity index (χ4v) is 6.32. The highest BCUT2D eigenvalue weighted by Gasteiger charge is 2.04. The number of benzene rings is 6. The summed E-state index contributed by atoms with van der Waals surface area (Å²) >= 11 is 0. The van der Waals surface area contributed by atoms with E-state index in [4.69, 9.17) is 29.5 Å². The average molecular weight is 741 g/mol. The molecule has 0 fully saturated rings. The monoisotopic (exact) mass is 740 g/mol. The Bertz CT molecular complexity index is 1970. The lowest BCUT2D eigenvalue weighted by atomic mass is 10.0. The normalized spacial score (nSPS) is 10.6. The number of nitrogens with zero attached hydrogens (tertiary/aromatic N) is 2. The van der Waals surface area contributed by atoms with Crippen LogP contribution < -0.4 is 18.9 Å². The van der Waals surface area contributed by atoms with E-state index in [2.05, 4.69) is 60.7 Å². The summed E-state index contributed by atoms with van der Waals surface area (Å²) in [5.41, 5.74) is 8.02. The molecule has 6 aromatic rings. The van der Waals surface area contributed by atoms with Gasteiger partial charge < -0.3 is 18.9 Å². The molecule has 282 valence electrons. The van der Waals surface area contributed by atoms with Crippen molar-refractivity contribution in [2.45, 2.75) is 51.4 Å². The zero-order valence-corrected chi connectivity index (χ0v) is 31.9. The van der Waals surface area contributed by atoms with E-state index in [0.29, 0.717) is 37.6 Å². The van der Waals surface area contributed by atoms with E-state index in [1.165, 1.54) is 0 Å². The molecule has 6 heteroatoms. The van der Waals surface area contributed by atoms with Crippen molar-refractivity contribution in [3.05, 3.63) is 157 Å². The molecule has 0 spiro atoms. The number of rotatable bonds is 21. The standard InChI is InChI=1S/C50H48N2O4/c51-37-39-9-13-41(14-10-39)43-17-25-47(26-18-43)53-33-5-1-3-7-35-55-49-29-21-45(22-30-49)46-23-31-50(32-24-46)56-36-8-4-2-6-34-54-48-27-19-44(20-28-48)42-15-11-40(38-52)12-16-42/h9-32H,1-8,33-36H2. The van der Waals surface area contributed by atoms with Crippen LogP contribution in [0.2, 0.25) is 0 Å². The molecule has 0 aliphatic carbocycles. The maximum Gasteiger partial charge on any atom is 0.119 e. The van der Waals surface area contributed by atoms with Crippen LogP contribution in [0.4, 0.5) is 0 Å². The van der Waals surface area contributed by atoms with Crippen LogP contribution in [-0.4, -0.2) is 26.4 Å². The predicted octanol–water partition coefficient (Wildman–Crippen LogP) is 12.5. The Kier molecular flexibility index (Phi) is 15.0. The molecule has 6 aromatic carbocycles. The van der Waals surface area contributed by atoms with Gasteiger partial charge in [0.1, 0.15) is 23.0 Å². The van der Waals surface area contributed by atoms with E-state index >= 15 is 0 Å². The van der Waals surface area contributed by atoms with E-state index in [1.54, 1.807) is 0 Å². The third-order valence-corrected chi connectivity index (χ3v) is 9.60. The van der Waals surface area contributed by atoms with Gasteiger partial charge in [-0.2, -0.15) is 10.5 Å². The summed E-state index contributed by atoms with van der Waals surface area (Å²) in [6.07, 6.45) is 8.43. The van der Waals surface area contributed by atoms with Gasteiger partial charge in [-0.1, -0.05) is 72.8 Å². The van der Waals surface area contributed by atoms with E-state index in [9.17, 15) is 0 Å². The smallest absolute Gasteiger partial charge is 0.119 e. The topological polar surface area (TPSA) is 84.5 Å². The van der Waals surface area contributed by atoms with Gasteiger partial charge in [-0.25, -0.2) is 0 Å². The first-order valence-electron chi connectivity index (χ1n) is 19.6. The van der Waals surface area contributed by atoms with Crippen molar-refractivity contribution in [3.63, 3.8) is 0 Å². The molecule has 0 heterocycles. The Morgan fingerprint density at radius 1 is 0.268 bits per heavy atom. The number of hydrogen-bond donors (Lipinski definition) is 0. The Hall–Kier alpha value is -6.50. The van der Waals surface area contributed by atoms with E-state index in [0.717, 1.165) is 108 Å². The molecule has 0 aliphatic rings. The highest BCUT2D eigenvalue weighted by Crippen LogP contribution is 2.27. The van der Waals surface area contributed by atoms with Crippen molar-refractivity contribution >= 4 is 0 Å². The maximum atomic E-state index is 8.99. The minimum absolute atomic E-state index is 0.666. The Labute approximate surface area is 331 Å². The molecule has 6 rings (SSSR count). The van der Waals surface area contributed by atoms with Crippen molar-refractivity contribution < 1.29 is 18.9 Å². The first-order valence-corrected chi connectivity index (χ1v) is 19.6. The molecule has 0 saturated carbocycles. The molecule has 0 N–H and O–H groups in total. The van der Waals surface area contributed by atoms with Crippen LogP contribution in [0.15, 0.2) is 146 Å². The van der Waals surface area contributed by atoms with Crippen LogP contribution in [0.3, 0.4) is 0 Å². The molecule has 0 saturated heterocycles. The first-order chi connectivity index (χ1) is 27.7. The van der Waals surface area contributed by atoms with Gasteiger partial charge in [-0.15, -0.1) is 0 Å². The highest BCUT2D eigenvalue weighted by molar-refractivity contribution is 5.66. The lowest BCUT2D eigenvalue weighted by Gasteiger charge is -2.10. The fourth-order valence-electron chi connectivity index (χ4n) is 6.32. The zero-order valence-electron chi connectivity index (χ0n) is 31.9. The van der Waals surface area contributed by atoms with Gasteiger partial charge in [0.05, 0.1) is 49.7 Å². The number of nitriles is 2. The summed E-state index contributed by atoms with van der Waals surface area (Å²) in [5, 5.41) is 18.0. The van der Waals surface area contributed by atoms with Crippen LogP contribution in [0, 0.1) is 22.7 Å². The van der Waals surface area contributed by atoms with E-state index in [1.807, 2.05) is 97.1 Å². The Morgan fingerprint density at radius 3 is 0.661 bits per heavy atom. The maximum absolute atomic E-state index is 8.99. The quantitative estimate of drug-likeness (QED) is 0.0683. The minimum Gasteiger partial charge on any atom is -0.494 e. The van der Waals surface area contributed by atoms with Gasteiger partial charge >= 0.3 is 0 Å². The number of ether oxygens (including phenoxy) is 4. The van der Waals surface area contributed by atoms with Gasteiger partial charge in [-0.3, -0.25) is 0 Å². The van der Waals surface area contributed by atoms with Crippen molar-refractivity contribution in [3.8, 4) is 68.5 Å². The summed E-state index contributed by atoms with van der Waals surface area (Å²) < 4.78 is 23.9. The average Bonchev–Trinajstić information content (AvgIpc) is 3.26. The second-order valence-corrected chi connectivity index (χ2v) is 13.7. The van der Waals surface area contributed by atoms with Crippen molar-refractivity contribution in [2.24, 2.45) is 0 Å². The largest absolute Gasteiger partial charge is 0.494 e. The molecule has 6 nitrogen and oxygen atoms in total. The van der Waals surface area contributed by atoms with Gasteiger partial charge in [0.2, 0.25) is 0 Å².